The van der Waals surface area contributed by atoms with E-state index in [1.54, 1.807) is 0 Å². The number of benzene rings is 3. The highest BCUT2D eigenvalue weighted by Gasteiger charge is 2.09. The number of nitrogens with one attached hydrogen (secondary N) is 1. The van der Waals surface area contributed by atoms with E-state index < -0.39 is 0 Å². The summed E-state index contributed by atoms with van der Waals surface area (Å²) >= 11 is 0. The van der Waals surface area contributed by atoms with Gasteiger partial charge in [0.2, 0.25) is 0 Å². The van der Waals surface area contributed by atoms with E-state index in [1.807, 2.05) is 0 Å². The lowest BCUT2D eigenvalue weighted by molar-refractivity contribution is 0.750. The van der Waals surface area contributed by atoms with E-state index in [4.69, 9.17) is 0 Å². The van der Waals surface area contributed by atoms with E-state index >= 15 is 0 Å². The SMILES string of the molecule is CCC(Nc1cccc2ccccc12)c1ccccc1. The fourth-order valence-electron chi connectivity index (χ4n) is 2.65. The fourth-order valence-corrected chi connectivity index (χ4v) is 2.65. The number of fused-ring (bicyclic) bond motifs is 1. The standard InChI is InChI=1S/C19H19N/c1-2-18(16-10-4-3-5-11-16)20-19-14-8-12-15-9-6-7-13-17(15)19/h3-14,18,20H,2H2,1H3. The summed E-state index contributed by atoms with van der Waals surface area (Å²) in [5, 5.41) is 6.25. The minimum atomic E-state index is 0.349. The molecule has 20 heavy (non-hydrogen) atoms. The zero-order chi connectivity index (χ0) is 13.8. The molecule has 0 saturated heterocycles. The van der Waals surface area contributed by atoms with Crippen molar-refractivity contribution in [1.29, 1.82) is 0 Å². The second kappa shape index (κ2) is 5.79. The number of hydrogen-bond acceptors (Lipinski definition) is 1. The van der Waals surface area contributed by atoms with Gasteiger partial charge in [0.1, 0.15) is 0 Å². The molecule has 0 aliphatic carbocycles. The van der Waals surface area contributed by atoms with Crippen molar-refractivity contribution in [3.63, 3.8) is 0 Å². The summed E-state index contributed by atoms with van der Waals surface area (Å²) in [5.41, 5.74) is 2.54. The average Bonchev–Trinajstić information content (AvgIpc) is 2.53. The van der Waals surface area contributed by atoms with Gasteiger partial charge in [0, 0.05) is 11.1 Å². The van der Waals surface area contributed by atoms with Crippen molar-refractivity contribution < 1.29 is 0 Å². The normalized spacial score (nSPS) is 12.2. The second-order valence-corrected chi connectivity index (χ2v) is 5.04. The minimum Gasteiger partial charge on any atom is -0.378 e. The lowest BCUT2D eigenvalue weighted by Gasteiger charge is -2.20. The van der Waals surface area contributed by atoms with Crippen LogP contribution in [0, 0.1) is 0 Å². The van der Waals surface area contributed by atoms with Crippen LogP contribution in [0.1, 0.15) is 24.9 Å². The van der Waals surface area contributed by atoms with Crippen LogP contribution >= 0.6 is 0 Å². The van der Waals surface area contributed by atoms with Gasteiger partial charge in [0.25, 0.3) is 0 Å². The van der Waals surface area contributed by atoms with Gasteiger partial charge < -0.3 is 5.32 Å². The molecule has 3 rings (SSSR count). The largest absolute Gasteiger partial charge is 0.378 e. The summed E-state index contributed by atoms with van der Waals surface area (Å²) in [6.07, 6.45) is 1.06. The Morgan fingerprint density at radius 1 is 0.800 bits per heavy atom. The van der Waals surface area contributed by atoms with Crippen LogP contribution in [-0.4, -0.2) is 0 Å². The topological polar surface area (TPSA) is 12.0 Å². The third kappa shape index (κ3) is 2.53. The average molecular weight is 261 g/mol. The maximum absolute atomic E-state index is 3.69. The number of hydrogen-bond donors (Lipinski definition) is 1. The molecule has 1 atom stereocenters. The van der Waals surface area contributed by atoms with E-state index in [1.165, 1.54) is 22.0 Å². The van der Waals surface area contributed by atoms with Crippen molar-refractivity contribution in [2.75, 3.05) is 5.32 Å². The van der Waals surface area contributed by atoms with Crippen molar-refractivity contribution in [1.82, 2.24) is 0 Å². The van der Waals surface area contributed by atoms with Crippen LogP contribution in [-0.2, 0) is 0 Å². The van der Waals surface area contributed by atoms with Crippen molar-refractivity contribution in [3.8, 4) is 0 Å². The molecule has 1 heteroatoms. The molecule has 0 fully saturated rings. The van der Waals surface area contributed by atoms with Crippen molar-refractivity contribution in [3.05, 3.63) is 78.4 Å². The van der Waals surface area contributed by atoms with E-state index in [0.717, 1.165) is 6.42 Å². The second-order valence-electron chi connectivity index (χ2n) is 5.04. The third-order valence-corrected chi connectivity index (χ3v) is 3.73. The molecule has 0 aliphatic heterocycles. The highest BCUT2D eigenvalue weighted by atomic mass is 14.9. The molecule has 1 unspecified atom stereocenters. The zero-order valence-corrected chi connectivity index (χ0v) is 11.7. The Kier molecular flexibility index (Phi) is 3.69. The van der Waals surface area contributed by atoms with Gasteiger partial charge in [-0.2, -0.15) is 0 Å². The van der Waals surface area contributed by atoms with E-state index in [-0.39, 0.29) is 0 Å². The van der Waals surface area contributed by atoms with Gasteiger partial charge in [-0.15, -0.1) is 0 Å². The van der Waals surface area contributed by atoms with Gasteiger partial charge in [0.15, 0.2) is 0 Å². The van der Waals surface area contributed by atoms with Gasteiger partial charge in [-0.25, -0.2) is 0 Å². The predicted molar refractivity (Wildman–Crippen MR) is 87.0 cm³/mol. The van der Waals surface area contributed by atoms with Crippen LogP contribution < -0.4 is 5.32 Å². The van der Waals surface area contributed by atoms with Gasteiger partial charge in [-0.1, -0.05) is 73.7 Å². The summed E-state index contributed by atoms with van der Waals surface area (Å²) in [5.74, 6) is 0. The predicted octanol–water partition coefficient (Wildman–Crippen LogP) is 5.40. The maximum atomic E-state index is 3.69. The molecule has 1 nitrogen and oxygen atoms in total. The Hall–Kier alpha value is -2.28. The summed E-state index contributed by atoms with van der Waals surface area (Å²) in [6, 6.07) is 25.9. The monoisotopic (exact) mass is 261 g/mol. The first-order valence-corrected chi connectivity index (χ1v) is 7.17. The van der Waals surface area contributed by atoms with Crippen molar-refractivity contribution >= 4 is 16.5 Å². The molecule has 0 saturated carbocycles. The zero-order valence-electron chi connectivity index (χ0n) is 11.7. The lowest BCUT2D eigenvalue weighted by Crippen LogP contribution is -2.09. The van der Waals surface area contributed by atoms with Gasteiger partial charge in [-0.05, 0) is 23.4 Å². The smallest absolute Gasteiger partial charge is 0.0511 e. The fraction of sp³-hybridized carbons (Fsp3) is 0.158. The van der Waals surface area contributed by atoms with Crippen LogP contribution in [0.25, 0.3) is 10.8 Å². The Morgan fingerprint density at radius 3 is 2.30 bits per heavy atom. The maximum Gasteiger partial charge on any atom is 0.0511 e. The summed E-state index contributed by atoms with van der Waals surface area (Å²) < 4.78 is 0. The minimum absolute atomic E-state index is 0.349. The van der Waals surface area contributed by atoms with Crippen LogP contribution in [0.4, 0.5) is 5.69 Å². The van der Waals surface area contributed by atoms with Crippen LogP contribution in [0.5, 0.6) is 0 Å². The molecule has 0 aliphatic rings. The molecule has 100 valence electrons. The summed E-state index contributed by atoms with van der Waals surface area (Å²) in [6.45, 7) is 2.22. The Labute approximate surface area is 120 Å². The number of anilines is 1. The van der Waals surface area contributed by atoms with Gasteiger partial charge in [0.05, 0.1) is 6.04 Å². The summed E-state index contributed by atoms with van der Waals surface area (Å²) in [4.78, 5) is 0. The van der Waals surface area contributed by atoms with E-state index in [2.05, 4.69) is 85.0 Å². The highest BCUT2D eigenvalue weighted by molar-refractivity contribution is 5.93. The molecule has 0 heterocycles. The first-order valence-electron chi connectivity index (χ1n) is 7.17. The first kappa shape index (κ1) is 12.7. The Bertz CT molecular complexity index is 683. The first-order chi connectivity index (χ1) is 9.88. The third-order valence-electron chi connectivity index (χ3n) is 3.73. The molecule has 3 aromatic rings. The van der Waals surface area contributed by atoms with E-state index in [0.29, 0.717) is 6.04 Å². The molecular formula is C19H19N. The quantitative estimate of drug-likeness (QED) is 0.662. The molecule has 3 aromatic carbocycles. The van der Waals surface area contributed by atoms with Crippen molar-refractivity contribution in [2.24, 2.45) is 0 Å². The highest BCUT2D eigenvalue weighted by Crippen LogP contribution is 2.28. The number of rotatable bonds is 4. The lowest BCUT2D eigenvalue weighted by atomic mass is 10.0. The van der Waals surface area contributed by atoms with Crippen LogP contribution in [0.2, 0.25) is 0 Å². The molecule has 0 amide bonds. The molecular weight excluding hydrogens is 242 g/mol. The van der Waals surface area contributed by atoms with Crippen molar-refractivity contribution in [2.45, 2.75) is 19.4 Å². The summed E-state index contributed by atoms with van der Waals surface area (Å²) in [7, 11) is 0. The van der Waals surface area contributed by atoms with Gasteiger partial charge in [-0.3, -0.25) is 0 Å². The molecule has 0 spiro atoms. The molecule has 0 bridgehead atoms. The van der Waals surface area contributed by atoms with Crippen LogP contribution in [0.15, 0.2) is 72.8 Å². The molecule has 1 N–H and O–H groups in total. The molecule has 0 aromatic heterocycles. The Balaban J connectivity index is 1.96. The molecule has 0 radical (unpaired) electrons. The Morgan fingerprint density at radius 2 is 1.50 bits per heavy atom. The van der Waals surface area contributed by atoms with Gasteiger partial charge >= 0.3 is 0 Å². The van der Waals surface area contributed by atoms with Crippen LogP contribution in [0.3, 0.4) is 0 Å². The van der Waals surface area contributed by atoms with E-state index in [9.17, 15) is 0 Å².